The van der Waals surface area contributed by atoms with Crippen molar-refractivity contribution in [2.24, 2.45) is 0 Å². The summed E-state index contributed by atoms with van der Waals surface area (Å²) < 4.78 is 5.34. The molecule has 1 heterocycles. The number of benzene rings is 2. The average molecular weight is 253 g/mol. The molecule has 0 aliphatic rings. The second-order valence-corrected chi connectivity index (χ2v) is 4.34. The molecule has 0 spiro atoms. The molecule has 0 atom stereocenters. The van der Waals surface area contributed by atoms with Gasteiger partial charge >= 0.3 is 0 Å². The van der Waals surface area contributed by atoms with Crippen LogP contribution in [0.3, 0.4) is 0 Å². The first-order valence-corrected chi connectivity index (χ1v) is 6.16. The van der Waals surface area contributed by atoms with Crippen LogP contribution in [0.2, 0.25) is 0 Å². The van der Waals surface area contributed by atoms with Gasteiger partial charge < -0.3 is 10.1 Å². The fourth-order valence-corrected chi connectivity index (χ4v) is 2.09. The van der Waals surface area contributed by atoms with E-state index in [0.29, 0.717) is 0 Å². The molecule has 0 radical (unpaired) electrons. The second kappa shape index (κ2) is 5.02. The molecule has 0 aliphatic heterocycles. The Morgan fingerprint density at radius 1 is 1.21 bits per heavy atom. The molecule has 3 aromatic rings. The van der Waals surface area contributed by atoms with Gasteiger partial charge in [-0.25, -0.2) is 0 Å². The molecule has 2 aromatic carbocycles. The van der Waals surface area contributed by atoms with E-state index < -0.39 is 0 Å². The van der Waals surface area contributed by atoms with Crippen LogP contribution in [-0.4, -0.2) is 17.3 Å². The van der Waals surface area contributed by atoms with Gasteiger partial charge in [0.25, 0.3) is 0 Å². The highest BCUT2D eigenvalue weighted by molar-refractivity contribution is 5.81. The summed E-state index contributed by atoms with van der Waals surface area (Å²) in [5.41, 5.74) is 3.22. The van der Waals surface area contributed by atoms with E-state index in [2.05, 4.69) is 27.6 Å². The first kappa shape index (κ1) is 11.6. The third kappa shape index (κ3) is 2.38. The van der Waals surface area contributed by atoms with E-state index in [0.717, 1.165) is 34.4 Å². The molecular formula is C15H15N3O. The number of hydrogen-bond donors (Lipinski definition) is 2. The van der Waals surface area contributed by atoms with Crippen molar-refractivity contribution in [1.82, 2.24) is 10.2 Å². The SMILES string of the molecule is COc1ccccc1CNc1ccc2cn[nH]c2c1. The van der Waals surface area contributed by atoms with E-state index >= 15 is 0 Å². The Bertz CT molecular complexity index is 690. The van der Waals surface area contributed by atoms with Gasteiger partial charge in [-0.15, -0.1) is 0 Å². The minimum atomic E-state index is 0.726. The van der Waals surface area contributed by atoms with Crippen LogP contribution in [0, 0.1) is 0 Å². The van der Waals surface area contributed by atoms with Crippen molar-refractivity contribution in [2.45, 2.75) is 6.54 Å². The maximum atomic E-state index is 5.34. The number of fused-ring (bicyclic) bond motifs is 1. The summed E-state index contributed by atoms with van der Waals surface area (Å²) >= 11 is 0. The molecule has 0 bridgehead atoms. The summed E-state index contributed by atoms with van der Waals surface area (Å²) in [6.07, 6.45) is 1.82. The lowest BCUT2D eigenvalue weighted by Crippen LogP contribution is -2.01. The largest absolute Gasteiger partial charge is 0.496 e. The normalized spacial score (nSPS) is 10.6. The van der Waals surface area contributed by atoms with E-state index in [1.807, 2.05) is 36.5 Å². The summed E-state index contributed by atoms with van der Waals surface area (Å²) in [4.78, 5) is 0. The molecule has 2 N–H and O–H groups in total. The molecule has 0 saturated heterocycles. The Hall–Kier alpha value is -2.49. The fraction of sp³-hybridized carbons (Fsp3) is 0.133. The van der Waals surface area contributed by atoms with Crippen molar-refractivity contribution in [3.05, 3.63) is 54.2 Å². The van der Waals surface area contributed by atoms with Crippen LogP contribution >= 0.6 is 0 Å². The number of nitrogens with one attached hydrogen (secondary N) is 2. The number of aromatic nitrogens is 2. The van der Waals surface area contributed by atoms with Gasteiger partial charge in [-0.2, -0.15) is 5.10 Å². The van der Waals surface area contributed by atoms with Crippen LogP contribution in [-0.2, 0) is 6.54 Å². The van der Waals surface area contributed by atoms with Gasteiger partial charge in [0.2, 0.25) is 0 Å². The van der Waals surface area contributed by atoms with Crippen LogP contribution in [0.5, 0.6) is 5.75 Å². The van der Waals surface area contributed by atoms with Crippen molar-refractivity contribution >= 4 is 16.6 Å². The smallest absolute Gasteiger partial charge is 0.123 e. The maximum Gasteiger partial charge on any atom is 0.123 e. The Morgan fingerprint density at radius 2 is 2.11 bits per heavy atom. The Labute approximate surface area is 111 Å². The molecule has 4 heteroatoms. The average Bonchev–Trinajstić information content (AvgIpc) is 2.93. The van der Waals surface area contributed by atoms with Gasteiger partial charge in [0, 0.05) is 23.2 Å². The summed E-state index contributed by atoms with van der Waals surface area (Å²) in [6, 6.07) is 14.2. The van der Waals surface area contributed by atoms with E-state index in [1.54, 1.807) is 7.11 Å². The summed E-state index contributed by atoms with van der Waals surface area (Å²) in [6.45, 7) is 0.726. The number of aromatic amines is 1. The zero-order valence-corrected chi connectivity index (χ0v) is 10.7. The van der Waals surface area contributed by atoms with Crippen LogP contribution in [0.1, 0.15) is 5.56 Å². The van der Waals surface area contributed by atoms with E-state index in [1.165, 1.54) is 0 Å². The van der Waals surface area contributed by atoms with E-state index in [9.17, 15) is 0 Å². The first-order valence-electron chi connectivity index (χ1n) is 6.16. The maximum absolute atomic E-state index is 5.34. The number of methoxy groups -OCH3 is 1. The molecule has 19 heavy (non-hydrogen) atoms. The molecule has 0 aliphatic carbocycles. The number of ether oxygens (including phenoxy) is 1. The third-order valence-corrected chi connectivity index (χ3v) is 3.12. The fourth-order valence-electron chi connectivity index (χ4n) is 2.09. The topological polar surface area (TPSA) is 49.9 Å². The van der Waals surface area contributed by atoms with Crippen LogP contribution < -0.4 is 10.1 Å². The molecular weight excluding hydrogens is 238 g/mol. The highest BCUT2D eigenvalue weighted by Crippen LogP contribution is 2.20. The minimum absolute atomic E-state index is 0.726. The predicted molar refractivity (Wildman–Crippen MR) is 76.4 cm³/mol. The zero-order valence-electron chi connectivity index (χ0n) is 10.7. The van der Waals surface area contributed by atoms with Crippen molar-refractivity contribution in [3.63, 3.8) is 0 Å². The quantitative estimate of drug-likeness (QED) is 0.750. The van der Waals surface area contributed by atoms with Crippen LogP contribution in [0.25, 0.3) is 10.9 Å². The molecule has 0 fully saturated rings. The van der Waals surface area contributed by atoms with Gasteiger partial charge in [0.15, 0.2) is 0 Å². The van der Waals surface area contributed by atoms with Crippen LogP contribution in [0.15, 0.2) is 48.7 Å². The highest BCUT2D eigenvalue weighted by atomic mass is 16.5. The number of rotatable bonds is 4. The molecule has 3 rings (SSSR count). The monoisotopic (exact) mass is 253 g/mol. The van der Waals surface area contributed by atoms with Gasteiger partial charge in [0.1, 0.15) is 5.75 Å². The van der Waals surface area contributed by atoms with Crippen molar-refractivity contribution < 1.29 is 4.74 Å². The molecule has 0 saturated carbocycles. The molecule has 96 valence electrons. The molecule has 1 aromatic heterocycles. The van der Waals surface area contributed by atoms with Gasteiger partial charge in [-0.05, 0) is 24.3 Å². The third-order valence-electron chi connectivity index (χ3n) is 3.12. The van der Waals surface area contributed by atoms with Crippen molar-refractivity contribution in [2.75, 3.05) is 12.4 Å². The molecule has 0 unspecified atom stereocenters. The second-order valence-electron chi connectivity index (χ2n) is 4.34. The van der Waals surface area contributed by atoms with Crippen molar-refractivity contribution in [1.29, 1.82) is 0 Å². The standard InChI is InChI=1S/C15H15N3O/c1-19-15-5-3-2-4-12(15)9-16-13-7-6-11-10-17-18-14(11)8-13/h2-8,10,16H,9H2,1H3,(H,17,18). The predicted octanol–water partition coefficient (Wildman–Crippen LogP) is 3.18. The Balaban J connectivity index is 1.78. The lowest BCUT2D eigenvalue weighted by atomic mass is 10.2. The number of nitrogens with zero attached hydrogens (tertiary/aromatic N) is 1. The van der Waals surface area contributed by atoms with Crippen LogP contribution in [0.4, 0.5) is 5.69 Å². The van der Waals surface area contributed by atoms with Gasteiger partial charge in [-0.1, -0.05) is 18.2 Å². The summed E-state index contributed by atoms with van der Waals surface area (Å²) in [7, 11) is 1.69. The van der Waals surface area contributed by atoms with Gasteiger partial charge in [0.05, 0.1) is 18.8 Å². The highest BCUT2D eigenvalue weighted by Gasteiger charge is 2.02. The number of hydrogen-bond acceptors (Lipinski definition) is 3. The summed E-state index contributed by atoms with van der Waals surface area (Å²) in [5.74, 6) is 0.901. The van der Waals surface area contributed by atoms with E-state index in [4.69, 9.17) is 4.74 Å². The zero-order chi connectivity index (χ0) is 13.1. The Kier molecular flexibility index (Phi) is 3.06. The van der Waals surface area contributed by atoms with Crippen molar-refractivity contribution in [3.8, 4) is 5.75 Å². The molecule has 4 nitrogen and oxygen atoms in total. The molecule has 0 amide bonds. The number of para-hydroxylation sites is 1. The number of H-pyrrole nitrogens is 1. The summed E-state index contributed by atoms with van der Waals surface area (Å²) in [5, 5.41) is 11.5. The lowest BCUT2D eigenvalue weighted by molar-refractivity contribution is 0.410. The minimum Gasteiger partial charge on any atom is -0.496 e. The van der Waals surface area contributed by atoms with Gasteiger partial charge in [-0.3, -0.25) is 5.10 Å². The number of anilines is 1. The lowest BCUT2D eigenvalue weighted by Gasteiger charge is -2.10. The Morgan fingerprint density at radius 3 is 3.00 bits per heavy atom. The van der Waals surface area contributed by atoms with E-state index in [-0.39, 0.29) is 0 Å². The first-order chi connectivity index (χ1) is 9.36.